The minimum absolute atomic E-state index is 0.669. The molecule has 0 amide bonds. The van der Waals surface area contributed by atoms with Crippen molar-refractivity contribution in [3.05, 3.63) is 11.9 Å². The van der Waals surface area contributed by atoms with Gasteiger partial charge in [-0.1, -0.05) is 19.1 Å². The number of nitrogens with zero attached hydrogens (tertiary/aromatic N) is 5. The molecule has 1 N–H and O–H groups in total. The van der Waals surface area contributed by atoms with E-state index in [-0.39, 0.29) is 0 Å². The van der Waals surface area contributed by atoms with Crippen LogP contribution in [0.1, 0.15) is 32.4 Å². The lowest BCUT2D eigenvalue weighted by atomic mass is 10.2. The van der Waals surface area contributed by atoms with Gasteiger partial charge in [-0.25, -0.2) is 0 Å². The molecule has 0 saturated carbocycles. The molecule has 2 heterocycles. The third kappa shape index (κ3) is 5.05. The van der Waals surface area contributed by atoms with E-state index in [0.717, 1.165) is 31.9 Å². The number of rotatable bonds is 7. The second kappa shape index (κ2) is 8.46. The zero-order valence-corrected chi connectivity index (χ0v) is 13.8. The first-order valence-electron chi connectivity index (χ1n) is 8.25. The van der Waals surface area contributed by atoms with Crippen LogP contribution in [0.5, 0.6) is 0 Å². The zero-order chi connectivity index (χ0) is 15.1. The van der Waals surface area contributed by atoms with E-state index in [1.54, 1.807) is 0 Å². The van der Waals surface area contributed by atoms with E-state index < -0.39 is 0 Å². The summed E-state index contributed by atoms with van der Waals surface area (Å²) >= 11 is 0. The molecule has 1 aromatic heterocycles. The van der Waals surface area contributed by atoms with Gasteiger partial charge in [0.25, 0.3) is 0 Å². The molecule has 1 saturated heterocycles. The Morgan fingerprint density at radius 1 is 1.29 bits per heavy atom. The maximum absolute atomic E-state index is 4.23. The Kier molecular flexibility index (Phi) is 6.60. The molecule has 21 heavy (non-hydrogen) atoms. The minimum atomic E-state index is 0.669. The normalized spacial score (nSPS) is 21.6. The van der Waals surface area contributed by atoms with Crippen molar-refractivity contribution in [2.45, 2.75) is 45.8 Å². The first-order chi connectivity index (χ1) is 10.2. The molecule has 0 aliphatic carbocycles. The molecule has 6 heteroatoms. The molecule has 1 fully saturated rings. The fourth-order valence-corrected chi connectivity index (χ4v) is 2.99. The Morgan fingerprint density at radius 3 is 2.90 bits per heavy atom. The fourth-order valence-electron chi connectivity index (χ4n) is 2.99. The lowest BCUT2D eigenvalue weighted by molar-refractivity contribution is 0.175. The molecule has 1 unspecified atom stereocenters. The van der Waals surface area contributed by atoms with Gasteiger partial charge >= 0.3 is 0 Å². The van der Waals surface area contributed by atoms with Gasteiger partial charge in [0.1, 0.15) is 0 Å². The molecule has 2 rings (SSSR count). The van der Waals surface area contributed by atoms with E-state index in [9.17, 15) is 0 Å². The maximum atomic E-state index is 4.23. The molecular formula is C15H30N6. The van der Waals surface area contributed by atoms with Crippen molar-refractivity contribution in [3.8, 4) is 0 Å². The zero-order valence-electron chi connectivity index (χ0n) is 13.8. The lowest BCUT2D eigenvalue weighted by Gasteiger charge is -2.29. The van der Waals surface area contributed by atoms with Gasteiger partial charge in [-0.15, -0.1) is 5.10 Å². The molecule has 6 nitrogen and oxygen atoms in total. The van der Waals surface area contributed by atoms with Crippen LogP contribution in [0.2, 0.25) is 0 Å². The van der Waals surface area contributed by atoms with Crippen LogP contribution in [-0.2, 0) is 13.1 Å². The van der Waals surface area contributed by atoms with Crippen LogP contribution < -0.4 is 5.32 Å². The van der Waals surface area contributed by atoms with E-state index in [1.807, 2.05) is 4.68 Å². The summed E-state index contributed by atoms with van der Waals surface area (Å²) in [5.74, 6) is 0. The third-order valence-corrected chi connectivity index (χ3v) is 4.25. The van der Waals surface area contributed by atoms with Crippen LogP contribution in [0.4, 0.5) is 0 Å². The molecule has 0 radical (unpaired) electrons. The van der Waals surface area contributed by atoms with Crippen LogP contribution >= 0.6 is 0 Å². The van der Waals surface area contributed by atoms with Gasteiger partial charge in [-0.2, -0.15) is 0 Å². The molecular weight excluding hydrogens is 264 g/mol. The van der Waals surface area contributed by atoms with Gasteiger partial charge in [-0.3, -0.25) is 9.58 Å². The van der Waals surface area contributed by atoms with Gasteiger partial charge in [-0.05, 0) is 39.5 Å². The van der Waals surface area contributed by atoms with E-state index in [1.165, 1.54) is 32.5 Å². The van der Waals surface area contributed by atoms with Crippen molar-refractivity contribution in [1.29, 1.82) is 0 Å². The molecule has 120 valence electrons. The van der Waals surface area contributed by atoms with Crippen molar-refractivity contribution >= 4 is 0 Å². The standard InChI is InChI=1S/C15H30N6/c1-4-15-13-19(3)7-6-8-20(15)9-10-21-12-14(17-18-21)11-16-5-2/h12,15-16H,4-11,13H2,1-3H3. The highest BCUT2D eigenvalue weighted by atomic mass is 15.4. The smallest absolute Gasteiger partial charge is 0.0964 e. The lowest BCUT2D eigenvalue weighted by Crippen LogP contribution is -2.41. The van der Waals surface area contributed by atoms with Crippen LogP contribution in [0.3, 0.4) is 0 Å². The Morgan fingerprint density at radius 2 is 2.14 bits per heavy atom. The monoisotopic (exact) mass is 294 g/mol. The fraction of sp³-hybridized carbons (Fsp3) is 0.867. The summed E-state index contributed by atoms with van der Waals surface area (Å²) in [7, 11) is 2.23. The van der Waals surface area contributed by atoms with Gasteiger partial charge in [0.15, 0.2) is 0 Å². The molecule has 1 aromatic rings. The Hall–Kier alpha value is -0.980. The summed E-state index contributed by atoms with van der Waals surface area (Å²) in [5, 5.41) is 11.7. The topological polar surface area (TPSA) is 49.2 Å². The number of nitrogens with one attached hydrogen (secondary N) is 1. The summed E-state index contributed by atoms with van der Waals surface area (Å²) < 4.78 is 1.98. The highest BCUT2D eigenvalue weighted by molar-refractivity contribution is 4.91. The molecule has 0 aromatic carbocycles. The molecule has 1 aliphatic rings. The first kappa shape index (κ1) is 16.4. The highest BCUT2D eigenvalue weighted by Crippen LogP contribution is 2.11. The average molecular weight is 294 g/mol. The Labute approximate surface area is 128 Å². The minimum Gasteiger partial charge on any atom is -0.311 e. The SMILES string of the molecule is CCNCc1cn(CCN2CCCN(C)CC2CC)nn1. The molecule has 0 bridgehead atoms. The summed E-state index contributed by atoms with van der Waals surface area (Å²) in [6, 6.07) is 0.669. The van der Waals surface area contributed by atoms with Gasteiger partial charge < -0.3 is 10.2 Å². The molecule has 0 spiro atoms. The first-order valence-corrected chi connectivity index (χ1v) is 8.25. The predicted octanol–water partition coefficient (Wildman–Crippen LogP) is 0.804. The van der Waals surface area contributed by atoms with Crippen molar-refractivity contribution < 1.29 is 0 Å². The Balaban J connectivity index is 1.84. The third-order valence-electron chi connectivity index (χ3n) is 4.25. The van der Waals surface area contributed by atoms with Gasteiger partial charge in [0.05, 0.1) is 12.2 Å². The van der Waals surface area contributed by atoms with Crippen LogP contribution in [0, 0.1) is 0 Å². The summed E-state index contributed by atoms with van der Waals surface area (Å²) in [5.41, 5.74) is 1.03. The summed E-state index contributed by atoms with van der Waals surface area (Å²) in [6.45, 7) is 11.8. The quantitative estimate of drug-likeness (QED) is 0.806. The van der Waals surface area contributed by atoms with E-state index in [2.05, 4.69) is 52.5 Å². The molecule has 1 atom stereocenters. The Bertz CT molecular complexity index is 405. The summed E-state index contributed by atoms with van der Waals surface area (Å²) in [4.78, 5) is 5.08. The van der Waals surface area contributed by atoms with Gasteiger partial charge in [0.2, 0.25) is 0 Å². The van der Waals surface area contributed by atoms with E-state index in [0.29, 0.717) is 6.04 Å². The average Bonchev–Trinajstić information content (AvgIpc) is 2.86. The van der Waals surface area contributed by atoms with Crippen LogP contribution in [0.15, 0.2) is 6.20 Å². The highest BCUT2D eigenvalue weighted by Gasteiger charge is 2.21. The largest absolute Gasteiger partial charge is 0.311 e. The number of likely N-dealkylation sites (N-methyl/N-ethyl adjacent to an activating group) is 1. The van der Waals surface area contributed by atoms with Crippen molar-refractivity contribution in [2.75, 3.05) is 39.8 Å². The van der Waals surface area contributed by atoms with Crippen molar-refractivity contribution in [2.24, 2.45) is 0 Å². The number of aromatic nitrogens is 3. The predicted molar refractivity (Wildman–Crippen MR) is 85.2 cm³/mol. The van der Waals surface area contributed by atoms with Gasteiger partial charge in [0, 0.05) is 31.9 Å². The number of hydrogen-bond acceptors (Lipinski definition) is 5. The summed E-state index contributed by atoms with van der Waals surface area (Å²) in [6.07, 6.45) is 4.54. The second-order valence-corrected chi connectivity index (χ2v) is 5.97. The van der Waals surface area contributed by atoms with Crippen molar-refractivity contribution in [1.82, 2.24) is 30.1 Å². The van der Waals surface area contributed by atoms with Crippen molar-refractivity contribution in [3.63, 3.8) is 0 Å². The second-order valence-electron chi connectivity index (χ2n) is 5.97. The van der Waals surface area contributed by atoms with Crippen LogP contribution in [-0.4, -0.2) is 70.6 Å². The maximum Gasteiger partial charge on any atom is 0.0964 e. The van der Waals surface area contributed by atoms with Crippen LogP contribution in [0.25, 0.3) is 0 Å². The van der Waals surface area contributed by atoms with E-state index >= 15 is 0 Å². The molecule has 1 aliphatic heterocycles. The van der Waals surface area contributed by atoms with E-state index in [4.69, 9.17) is 0 Å². The number of hydrogen-bond donors (Lipinski definition) is 1.